The molecule has 9 heteroatoms. The molecular formula is C18H18FN3O4S. The van der Waals surface area contributed by atoms with E-state index in [1.54, 1.807) is 12.1 Å². The molecule has 0 spiro atoms. The zero-order valence-corrected chi connectivity index (χ0v) is 15.4. The minimum absolute atomic E-state index is 0.164. The number of amidine groups is 1. The van der Waals surface area contributed by atoms with Crippen LogP contribution in [0, 0.1) is 11.7 Å². The van der Waals surface area contributed by atoms with Gasteiger partial charge in [0.2, 0.25) is 0 Å². The summed E-state index contributed by atoms with van der Waals surface area (Å²) in [5.41, 5.74) is 1.03. The third-order valence-electron chi connectivity index (χ3n) is 3.84. The van der Waals surface area contributed by atoms with Gasteiger partial charge in [0.15, 0.2) is 5.17 Å². The van der Waals surface area contributed by atoms with Gasteiger partial charge in [-0.25, -0.2) is 9.18 Å². The standard InChI is InChI=1S/C18H18FN3O4S/c1-25-16(23)7-15-17(24)21-18(27-15)22-20-8-12-4-5-13(14(19)6-12)10-26-9-11-2-3-11/h4-8,11H,2-3,9-10H2,1H3,(H,21,22,24)/b15-7+,20-8?. The summed E-state index contributed by atoms with van der Waals surface area (Å²) in [7, 11) is 1.22. The number of halogens is 1. The molecule has 0 radical (unpaired) electrons. The van der Waals surface area contributed by atoms with E-state index in [9.17, 15) is 14.0 Å². The third kappa shape index (κ3) is 5.73. The molecule has 0 unspecified atom stereocenters. The Morgan fingerprint density at radius 3 is 2.96 bits per heavy atom. The number of esters is 1. The molecule has 7 nitrogen and oxygen atoms in total. The van der Waals surface area contributed by atoms with Crippen LogP contribution in [-0.4, -0.2) is 37.0 Å². The summed E-state index contributed by atoms with van der Waals surface area (Å²) in [4.78, 5) is 23.0. The lowest BCUT2D eigenvalue weighted by Gasteiger charge is -2.05. The lowest BCUT2D eigenvalue weighted by molar-refractivity contribution is -0.135. The van der Waals surface area contributed by atoms with E-state index in [1.807, 2.05) is 0 Å². The predicted molar refractivity (Wildman–Crippen MR) is 99.6 cm³/mol. The molecule has 1 saturated heterocycles. The smallest absolute Gasteiger partial charge is 0.331 e. The molecule has 1 heterocycles. The van der Waals surface area contributed by atoms with Crippen LogP contribution < -0.4 is 5.32 Å². The van der Waals surface area contributed by atoms with Crippen LogP contribution in [-0.2, 0) is 25.7 Å². The second-order valence-electron chi connectivity index (χ2n) is 6.05. The molecule has 27 heavy (non-hydrogen) atoms. The van der Waals surface area contributed by atoms with Crippen LogP contribution in [0.25, 0.3) is 0 Å². The average Bonchev–Trinajstić information content (AvgIpc) is 3.40. The number of ether oxygens (including phenoxy) is 2. The SMILES string of the molecule is COC(=O)/C=C1/S/C(=N\N=Cc2ccc(COCC3CC3)c(F)c2)NC1=O. The van der Waals surface area contributed by atoms with E-state index in [-0.39, 0.29) is 22.5 Å². The molecule has 1 aliphatic heterocycles. The van der Waals surface area contributed by atoms with Crippen molar-refractivity contribution in [3.8, 4) is 0 Å². The summed E-state index contributed by atoms with van der Waals surface area (Å²) >= 11 is 0.965. The normalized spacial score (nSPS) is 19.9. The molecule has 1 aromatic carbocycles. The van der Waals surface area contributed by atoms with Gasteiger partial charge in [-0.05, 0) is 42.2 Å². The van der Waals surface area contributed by atoms with E-state index in [2.05, 4.69) is 20.3 Å². The van der Waals surface area contributed by atoms with Crippen molar-refractivity contribution in [1.29, 1.82) is 0 Å². The molecule has 1 aliphatic carbocycles. The second kappa shape index (κ2) is 8.92. The van der Waals surface area contributed by atoms with Gasteiger partial charge < -0.3 is 9.47 Å². The number of hydrogen-bond acceptors (Lipinski definition) is 7. The summed E-state index contributed by atoms with van der Waals surface area (Å²) in [6, 6.07) is 4.72. The van der Waals surface area contributed by atoms with Crippen molar-refractivity contribution < 1.29 is 23.5 Å². The molecule has 1 N–H and O–H groups in total. The van der Waals surface area contributed by atoms with Gasteiger partial charge in [-0.2, -0.15) is 5.10 Å². The molecule has 1 amide bonds. The van der Waals surface area contributed by atoms with Gasteiger partial charge in [-0.3, -0.25) is 10.1 Å². The van der Waals surface area contributed by atoms with Crippen LogP contribution in [0.2, 0.25) is 0 Å². The lowest BCUT2D eigenvalue weighted by atomic mass is 10.1. The number of nitrogens with zero attached hydrogens (tertiary/aromatic N) is 2. The van der Waals surface area contributed by atoms with Gasteiger partial charge in [0.25, 0.3) is 5.91 Å². The van der Waals surface area contributed by atoms with Gasteiger partial charge in [0, 0.05) is 18.2 Å². The molecule has 0 atom stereocenters. The average molecular weight is 391 g/mol. The van der Waals surface area contributed by atoms with Crippen molar-refractivity contribution in [3.05, 3.63) is 46.1 Å². The predicted octanol–water partition coefficient (Wildman–Crippen LogP) is 2.36. The molecular weight excluding hydrogens is 373 g/mol. The Kier molecular flexibility index (Phi) is 6.36. The minimum atomic E-state index is -0.630. The summed E-state index contributed by atoms with van der Waals surface area (Å²) in [5, 5.41) is 10.4. The van der Waals surface area contributed by atoms with Crippen molar-refractivity contribution in [2.75, 3.05) is 13.7 Å². The largest absolute Gasteiger partial charge is 0.466 e. The Balaban J connectivity index is 1.56. The van der Waals surface area contributed by atoms with Crippen molar-refractivity contribution in [3.63, 3.8) is 0 Å². The lowest BCUT2D eigenvalue weighted by Crippen LogP contribution is -2.19. The molecule has 0 aromatic heterocycles. The van der Waals surface area contributed by atoms with Crippen LogP contribution in [0.15, 0.2) is 39.4 Å². The van der Waals surface area contributed by atoms with Crippen LogP contribution in [0.1, 0.15) is 24.0 Å². The van der Waals surface area contributed by atoms with Gasteiger partial charge in [0.05, 0.1) is 24.8 Å². The fourth-order valence-electron chi connectivity index (χ4n) is 2.17. The highest BCUT2D eigenvalue weighted by Gasteiger charge is 2.25. The summed E-state index contributed by atoms with van der Waals surface area (Å²) < 4.78 is 24.1. The summed E-state index contributed by atoms with van der Waals surface area (Å²) in [6.07, 6.45) is 4.84. The van der Waals surface area contributed by atoms with E-state index in [0.717, 1.165) is 17.8 Å². The molecule has 2 aliphatic rings. The molecule has 0 bridgehead atoms. The Labute approximate surface area is 159 Å². The van der Waals surface area contributed by atoms with E-state index in [4.69, 9.17) is 4.74 Å². The monoisotopic (exact) mass is 391 g/mol. The Hall–Kier alpha value is -2.52. The maximum Gasteiger partial charge on any atom is 0.331 e. The van der Waals surface area contributed by atoms with Crippen LogP contribution in [0.4, 0.5) is 4.39 Å². The summed E-state index contributed by atoms with van der Waals surface area (Å²) in [5.74, 6) is -0.820. The maximum atomic E-state index is 14.1. The number of thioether (sulfide) groups is 1. The molecule has 1 saturated carbocycles. The molecule has 3 rings (SSSR count). The maximum absolute atomic E-state index is 14.1. The Bertz CT molecular complexity index is 834. The zero-order valence-electron chi connectivity index (χ0n) is 14.6. The highest BCUT2D eigenvalue weighted by Crippen LogP contribution is 2.29. The Morgan fingerprint density at radius 2 is 2.26 bits per heavy atom. The van der Waals surface area contributed by atoms with E-state index in [1.165, 1.54) is 32.2 Å². The first-order valence-electron chi connectivity index (χ1n) is 8.31. The highest BCUT2D eigenvalue weighted by atomic mass is 32.2. The molecule has 2 fully saturated rings. The van der Waals surface area contributed by atoms with Crippen molar-refractivity contribution in [2.24, 2.45) is 16.1 Å². The van der Waals surface area contributed by atoms with Crippen LogP contribution >= 0.6 is 11.8 Å². The highest BCUT2D eigenvalue weighted by molar-refractivity contribution is 8.18. The van der Waals surface area contributed by atoms with Gasteiger partial charge in [-0.15, -0.1) is 5.10 Å². The van der Waals surface area contributed by atoms with Gasteiger partial charge >= 0.3 is 5.97 Å². The zero-order chi connectivity index (χ0) is 19.2. The topological polar surface area (TPSA) is 89.3 Å². The first-order valence-corrected chi connectivity index (χ1v) is 9.13. The number of hydrogen-bond donors (Lipinski definition) is 1. The molecule has 1 aromatic rings. The quantitative estimate of drug-likeness (QED) is 0.334. The fourth-order valence-corrected chi connectivity index (χ4v) is 2.91. The number of nitrogens with one attached hydrogen (secondary N) is 1. The van der Waals surface area contributed by atoms with E-state index >= 15 is 0 Å². The van der Waals surface area contributed by atoms with E-state index in [0.29, 0.717) is 23.7 Å². The van der Waals surface area contributed by atoms with Crippen molar-refractivity contribution in [2.45, 2.75) is 19.4 Å². The number of amides is 1. The Morgan fingerprint density at radius 1 is 1.44 bits per heavy atom. The van der Waals surface area contributed by atoms with E-state index < -0.39 is 11.9 Å². The number of rotatable bonds is 7. The number of carbonyl (C=O) groups is 2. The minimum Gasteiger partial charge on any atom is -0.466 e. The van der Waals surface area contributed by atoms with Crippen molar-refractivity contribution in [1.82, 2.24) is 5.32 Å². The second-order valence-corrected chi connectivity index (χ2v) is 7.08. The first kappa shape index (κ1) is 19.2. The third-order valence-corrected chi connectivity index (χ3v) is 4.74. The number of carbonyl (C=O) groups excluding carboxylic acids is 2. The molecule has 142 valence electrons. The number of methoxy groups -OCH3 is 1. The first-order chi connectivity index (χ1) is 13.0. The van der Waals surface area contributed by atoms with Crippen molar-refractivity contribution >= 4 is 35.0 Å². The van der Waals surface area contributed by atoms with Gasteiger partial charge in [-0.1, -0.05) is 12.1 Å². The van der Waals surface area contributed by atoms with Crippen LogP contribution in [0.3, 0.4) is 0 Å². The number of benzene rings is 1. The fraction of sp³-hybridized carbons (Fsp3) is 0.333. The van der Waals surface area contributed by atoms with Crippen LogP contribution in [0.5, 0.6) is 0 Å². The summed E-state index contributed by atoms with van der Waals surface area (Å²) in [6.45, 7) is 0.927. The van der Waals surface area contributed by atoms with Gasteiger partial charge in [0.1, 0.15) is 5.82 Å².